The molecule has 0 unspecified atom stereocenters. The van der Waals surface area contributed by atoms with E-state index in [0.29, 0.717) is 30.0 Å². The maximum absolute atomic E-state index is 6.09. The minimum Gasteiger partial charge on any atom is -0.383 e. The number of methoxy groups -OCH3 is 1. The fourth-order valence-electron chi connectivity index (χ4n) is 3.69. The van der Waals surface area contributed by atoms with Gasteiger partial charge in [-0.1, -0.05) is 23.7 Å². The van der Waals surface area contributed by atoms with Crippen LogP contribution in [0.4, 0.5) is 5.95 Å². The van der Waals surface area contributed by atoms with Gasteiger partial charge in [0.15, 0.2) is 0 Å². The van der Waals surface area contributed by atoms with Crippen LogP contribution in [-0.2, 0) is 4.74 Å². The standard InChI is InChI=1S/C21H25ClN6O/c1-29-13-12-25-21-24-11-8-17(26-21)18-19(14-2-4-16(22)5-3-14)27-28-20(18)15-6-9-23-10-7-15/h2-5,8,11,15,23H,6-7,9-10,12-13H2,1H3,(H,27,28)(H,24,25,26). The van der Waals surface area contributed by atoms with E-state index in [0.717, 1.165) is 54.1 Å². The first kappa shape index (κ1) is 19.8. The van der Waals surface area contributed by atoms with Gasteiger partial charge in [-0.05, 0) is 44.1 Å². The van der Waals surface area contributed by atoms with E-state index < -0.39 is 0 Å². The van der Waals surface area contributed by atoms with Gasteiger partial charge in [0, 0.05) is 47.6 Å². The maximum Gasteiger partial charge on any atom is 0.223 e. The lowest BCUT2D eigenvalue weighted by atomic mass is 9.89. The monoisotopic (exact) mass is 412 g/mol. The van der Waals surface area contributed by atoms with Gasteiger partial charge in [-0.3, -0.25) is 5.10 Å². The van der Waals surface area contributed by atoms with Crippen molar-refractivity contribution in [1.82, 2.24) is 25.5 Å². The molecule has 1 aromatic carbocycles. The summed E-state index contributed by atoms with van der Waals surface area (Å²) in [6.45, 7) is 3.26. The largest absolute Gasteiger partial charge is 0.383 e. The molecule has 3 N–H and O–H groups in total. The Morgan fingerprint density at radius 1 is 1.17 bits per heavy atom. The van der Waals surface area contributed by atoms with Crippen molar-refractivity contribution in [3.63, 3.8) is 0 Å². The van der Waals surface area contributed by atoms with Gasteiger partial charge in [-0.25, -0.2) is 9.97 Å². The van der Waals surface area contributed by atoms with Crippen LogP contribution in [0.5, 0.6) is 0 Å². The summed E-state index contributed by atoms with van der Waals surface area (Å²) in [7, 11) is 1.67. The second-order valence-electron chi connectivity index (χ2n) is 7.08. The maximum atomic E-state index is 6.09. The molecule has 29 heavy (non-hydrogen) atoms. The summed E-state index contributed by atoms with van der Waals surface area (Å²) in [5.74, 6) is 0.999. The van der Waals surface area contributed by atoms with E-state index in [-0.39, 0.29) is 0 Å². The zero-order valence-corrected chi connectivity index (χ0v) is 17.2. The zero-order valence-electron chi connectivity index (χ0n) is 16.4. The minimum absolute atomic E-state index is 0.416. The highest BCUT2D eigenvalue weighted by Crippen LogP contribution is 2.38. The molecule has 0 saturated carbocycles. The molecule has 152 valence electrons. The van der Waals surface area contributed by atoms with Gasteiger partial charge in [-0.15, -0.1) is 0 Å². The number of benzene rings is 1. The molecule has 0 bridgehead atoms. The van der Waals surface area contributed by atoms with E-state index >= 15 is 0 Å². The van der Waals surface area contributed by atoms with Gasteiger partial charge in [-0.2, -0.15) is 5.10 Å². The number of aromatic nitrogens is 4. The molecule has 0 radical (unpaired) electrons. The number of H-pyrrole nitrogens is 1. The Balaban J connectivity index is 1.76. The summed E-state index contributed by atoms with van der Waals surface area (Å²) in [5.41, 5.74) is 4.92. The highest BCUT2D eigenvalue weighted by atomic mass is 35.5. The molecule has 1 aliphatic heterocycles. The molecule has 0 aliphatic carbocycles. The average molecular weight is 413 g/mol. The van der Waals surface area contributed by atoms with Crippen LogP contribution >= 0.6 is 11.6 Å². The lowest BCUT2D eigenvalue weighted by Gasteiger charge is -2.22. The van der Waals surface area contributed by atoms with Crippen LogP contribution in [0.25, 0.3) is 22.5 Å². The third-order valence-corrected chi connectivity index (χ3v) is 5.41. The lowest BCUT2D eigenvalue weighted by Crippen LogP contribution is -2.27. The summed E-state index contributed by atoms with van der Waals surface area (Å²) >= 11 is 6.09. The average Bonchev–Trinajstić information content (AvgIpc) is 3.20. The van der Waals surface area contributed by atoms with Crippen molar-refractivity contribution >= 4 is 17.5 Å². The van der Waals surface area contributed by atoms with Gasteiger partial charge >= 0.3 is 0 Å². The molecule has 7 nitrogen and oxygen atoms in total. The van der Waals surface area contributed by atoms with Crippen LogP contribution in [0, 0.1) is 0 Å². The van der Waals surface area contributed by atoms with Gasteiger partial charge in [0.2, 0.25) is 5.95 Å². The first-order chi connectivity index (χ1) is 14.3. The number of hydrogen-bond acceptors (Lipinski definition) is 6. The second kappa shape index (κ2) is 9.35. The third-order valence-electron chi connectivity index (χ3n) is 5.16. The molecule has 0 atom stereocenters. The van der Waals surface area contributed by atoms with Crippen molar-refractivity contribution in [3.05, 3.63) is 47.2 Å². The van der Waals surface area contributed by atoms with E-state index in [4.69, 9.17) is 21.3 Å². The first-order valence-corrected chi connectivity index (χ1v) is 10.2. The van der Waals surface area contributed by atoms with Gasteiger partial charge in [0.25, 0.3) is 0 Å². The number of hydrogen-bond donors (Lipinski definition) is 3. The van der Waals surface area contributed by atoms with Crippen molar-refractivity contribution in [2.75, 3.05) is 38.7 Å². The van der Waals surface area contributed by atoms with Crippen molar-refractivity contribution in [3.8, 4) is 22.5 Å². The van der Waals surface area contributed by atoms with Gasteiger partial charge in [0.05, 0.1) is 12.3 Å². The molecule has 1 fully saturated rings. The molecule has 0 amide bonds. The molecule has 3 aromatic rings. The molecule has 2 aromatic heterocycles. The van der Waals surface area contributed by atoms with Crippen molar-refractivity contribution < 1.29 is 4.74 Å². The van der Waals surface area contributed by atoms with Crippen LogP contribution in [0.1, 0.15) is 24.5 Å². The number of rotatable bonds is 7. The lowest BCUT2D eigenvalue weighted by molar-refractivity contribution is 0.210. The molecular weight excluding hydrogens is 388 g/mol. The predicted molar refractivity (Wildman–Crippen MR) is 115 cm³/mol. The van der Waals surface area contributed by atoms with Crippen molar-refractivity contribution in [2.45, 2.75) is 18.8 Å². The van der Waals surface area contributed by atoms with Crippen LogP contribution in [0.2, 0.25) is 5.02 Å². The van der Waals surface area contributed by atoms with E-state index in [1.807, 2.05) is 30.3 Å². The third kappa shape index (κ3) is 4.58. The van der Waals surface area contributed by atoms with E-state index in [2.05, 4.69) is 25.8 Å². The van der Waals surface area contributed by atoms with Crippen LogP contribution in [0.3, 0.4) is 0 Å². The molecule has 0 spiro atoms. The van der Waals surface area contributed by atoms with Crippen LogP contribution in [-0.4, -0.2) is 53.5 Å². The summed E-state index contributed by atoms with van der Waals surface area (Å²) in [5, 5.41) is 15.3. The second-order valence-corrected chi connectivity index (χ2v) is 7.51. The summed E-state index contributed by atoms with van der Waals surface area (Å²) in [4.78, 5) is 9.11. The van der Waals surface area contributed by atoms with Gasteiger partial charge < -0.3 is 15.4 Å². The quantitative estimate of drug-likeness (QED) is 0.513. The van der Waals surface area contributed by atoms with Gasteiger partial charge in [0.1, 0.15) is 5.69 Å². The van der Waals surface area contributed by atoms with Crippen molar-refractivity contribution in [1.29, 1.82) is 0 Å². The predicted octanol–water partition coefficient (Wildman–Crippen LogP) is 3.71. The Morgan fingerprint density at radius 2 is 1.97 bits per heavy atom. The molecule has 4 rings (SSSR count). The molecular formula is C21H25ClN6O. The Hall–Kier alpha value is -2.48. The topological polar surface area (TPSA) is 87.8 Å². The zero-order chi connectivity index (χ0) is 20.1. The first-order valence-electron chi connectivity index (χ1n) is 9.87. The van der Waals surface area contributed by atoms with E-state index in [1.165, 1.54) is 0 Å². The number of aromatic amines is 1. The Labute approximate surface area is 175 Å². The van der Waals surface area contributed by atoms with E-state index in [1.54, 1.807) is 13.3 Å². The highest BCUT2D eigenvalue weighted by Gasteiger charge is 2.25. The molecule has 1 saturated heterocycles. The Kier molecular flexibility index (Phi) is 6.39. The summed E-state index contributed by atoms with van der Waals surface area (Å²) < 4.78 is 5.10. The highest BCUT2D eigenvalue weighted by molar-refractivity contribution is 6.30. The van der Waals surface area contributed by atoms with Crippen LogP contribution in [0.15, 0.2) is 36.5 Å². The fraction of sp³-hybridized carbons (Fsp3) is 0.381. The smallest absolute Gasteiger partial charge is 0.223 e. The number of nitrogens with zero attached hydrogens (tertiary/aromatic N) is 3. The summed E-state index contributed by atoms with van der Waals surface area (Å²) in [6, 6.07) is 9.70. The molecule has 8 heteroatoms. The minimum atomic E-state index is 0.416. The summed E-state index contributed by atoms with van der Waals surface area (Å²) in [6.07, 6.45) is 3.92. The van der Waals surface area contributed by atoms with Crippen LogP contribution < -0.4 is 10.6 Å². The normalized spacial score (nSPS) is 14.8. The SMILES string of the molecule is COCCNc1nccc(-c2c(-c3ccc(Cl)cc3)n[nH]c2C2CCNCC2)n1. The number of piperidine rings is 1. The molecule has 1 aliphatic rings. The Morgan fingerprint density at radius 3 is 2.72 bits per heavy atom. The fourth-order valence-corrected chi connectivity index (χ4v) is 3.81. The number of anilines is 1. The molecule has 3 heterocycles. The Bertz CT molecular complexity index is 937. The van der Waals surface area contributed by atoms with Crippen molar-refractivity contribution in [2.24, 2.45) is 0 Å². The number of nitrogens with one attached hydrogen (secondary N) is 3. The number of halogens is 1. The van der Waals surface area contributed by atoms with E-state index in [9.17, 15) is 0 Å². The number of ether oxygens (including phenoxy) is 1.